The van der Waals surface area contributed by atoms with Gasteiger partial charge in [0.05, 0.1) is 26.5 Å². The quantitative estimate of drug-likeness (QED) is 0.792. The molecular formula is C20H26N2O3. The molecule has 5 nitrogen and oxygen atoms in total. The number of amides is 1. The van der Waals surface area contributed by atoms with Gasteiger partial charge in [-0.25, -0.2) is 0 Å². The highest BCUT2D eigenvalue weighted by Gasteiger charge is 2.13. The maximum atomic E-state index is 12.4. The zero-order valence-corrected chi connectivity index (χ0v) is 15.5. The number of aryl methyl sites for hydroxylation is 1. The molecule has 0 heterocycles. The molecule has 1 amide bonds. The van der Waals surface area contributed by atoms with E-state index >= 15 is 0 Å². The van der Waals surface area contributed by atoms with Gasteiger partial charge in [-0.05, 0) is 36.1 Å². The van der Waals surface area contributed by atoms with Gasteiger partial charge in [-0.15, -0.1) is 0 Å². The van der Waals surface area contributed by atoms with Crippen LogP contribution in [0.3, 0.4) is 0 Å². The Morgan fingerprint density at radius 1 is 1.12 bits per heavy atom. The van der Waals surface area contributed by atoms with E-state index in [1.165, 1.54) is 0 Å². The summed E-state index contributed by atoms with van der Waals surface area (Å²) in [6.45, 7) is 6.38. The largest absolute Gasteiger partial charge is 0.497 e. The van der Waals surface area contributed by atoms with Gasteiger partial charge in [0, 0.05) is 11.8 Å². The van der Waals surface area contributed by atoms with Crippen LogP contribution >= 0.6 is 0 Å². The van der Waals surface area contributed by atoms with Crippen molar-refractivity contribution in [1.82, 2.24) is 0 Å². The Kier molecular flexibility index (Phi) is 6.28. The predicted octanol–water partition coefficient (Wildman–Crippen LogP) is 4.19. The number of carbonyl (C=O) groups excluding carboxylic acids is 1. The van der Waals surface area contributed by atoms with E-state index in [2.05, 4.69) is 24.5 Å². The summed E-state index contributed by atoms with van der Waals surface area (Å²) in [7, 11) is 3.19. The second kappa shape index (κ2) is 8.42. The van der Waals surface area contributed by atoms with Crippen molar-refractivity contribution in [3.63, 3.8) is 0 Å². The van der Waals surface area contributed by atoms with Crippen molar-refractivity contribution < 1.29 is 14.3 Å². The van der Waals surface area contributed by atoms with Crippen LogP contribution in [0.15, 0.2) is 36.4 Å². The van der Waals surface area contributed by atoms with Crippen LogP contribution < -0.4 is 20.1 Å². The first-order valence-electron chi connectivity index (χ1n) is 8.31. The van der Waals surface area contributed by atoms with Gasteiger partial charge in [0.25, 0.3) is 0 Å². The van der Waals surface area contributed by atoms with Gasteiger partial charge in [-0.2, -0.15) is 0 Å². The average molecular weight is 342 g/mol. The molecule has 0 aromatic heterocycles. The van der Waals surface area contributed by atoms with Crippen LogP contribution in [-0.2, 0) is 4.79 Å². The fourth-order valence-corrected chi connectivity index (χ4v) is 2.65. The highest BCUT2D eigenvalue weighted by Crippen LogP contribution is 2.29. The Labute approximate surface area is 149 Å². The van der Waals surface area contributed by atoms with E-state index in [1.54, 1.807) is 20.3 Å². The topological polar surface area (TPSA) is 59.6 Å². The lowest BCUT2D eigenvalue weighted by atomic mass is 9.98. The number of carbonyl (C=O) groups is 1. The van der Waals surface area contributed by atoms with Crippen LogP contribution in [0, 0.1) is 6.92 Å². The highest BCUT2D eigenvalue weighted by atomic mass is 16.5. The second-order valence-corrected chi connectivity index (χ2v) is 6.16. The number of benzene rings is 2. The molecule has 134 valence electrons. The predicted molar refractivity (Wildman–Crippen MR) is 102 cm³/mol. The molecule has 5 heteroatoms. The van der Waals surface area contributed by atoms with E-state index in [0.717, 1.165) is 22.5 Å². The van der Waals surface area contributed by atoms with Crippen LogP contribution in [0.2, 0.25) is 0 Å². The number of anilines is 2. The standard InChI is InChI=1S/C20H26N2O3/c1-13(2)16-8-6-7-14(3)20(16)22-19(23)12-21-17-10-9-15(24-4)11-18(17)25-5/h6-11,13,21H,12H2,1-5H3,(H,22,23). The number of hydrogen-bond acceptors (Lipinski definition) is 4. The summed E-state index contributed by atoms with van der Waals surface area (Å²) in [5, 5.41) is 6.13. The molecule has 0 radical (unpaired) electrons. The first-order chi connectivity index (χ1) is 12.0. The summed E-state index contributed by atoms with van der Waals surface area (Å²) in [6, 6.07) is 11.5. The zero-order chi connectivity index (χ0) is 18.4. The maximum absolute atomic E-state index is 12.4. The minimum atomic E-state index is -0.103. The molecule has 0 saturated heterocycles. The van der Waals surface area contributed by atoms with Crippen molar-refractivity contribution in [3.05, 3.63) is 47.5 Å². The Hall–Kier alpha value is -2.69. The minimum Gasteiger partial charge on any atom is -0.497 e. The van der Waals surface area contributed by atoms with E-state index in [4.69, 9.17) is 9.47 Å². The Morgan fingerprint density at radius 3 is 2.52 bits per heavy atom. The Morgan fingerprint density at radius 2 is 1.88 bits per heavy atom. The lowest BCUT2D eigenvalue weighted by molar-refractivity contribution is -0.114. The smallest absolute Gasteiger partial charge is 0.243 e. The number of nitrogens with one attached hydrogen (secondary N) is 2. The zero-order valence-electron chi connectivity index (χ0n) is 15.5. The lowest BCUT2D eigenvalue weighted by Gasteiger charge is -2.17. The fourth-order valence-electron chi connectivity index (χ4n) is 2.65. The molecule has 0 bridgehead atoms. The van der Waals surface area contributed by atoms with E-state index < -0.39 is 0 Å². The molecule has 0 aliphatic rings. The first kappa shape index (κ1) is 18.6. The van der Waals surface area contributed by atoms with Crippen molar-refractivity contribution in [1.29, 1.82) is 0 Å². The molecule has 25 heavy (non-hydrogen) atoms. The molecule has 2 aromatic rings. The minimum absolute atomic E-state index is 0.103. The first-order valence-corrected chi connectivity index (χ1v) is 8.31. The van der Waals surface area contributed by atoms with E-state index in [-0.39, 0.29) is 12.5 Å². The number of rotatable bonds is 7. The van der Waals surface area contributed by atoms with Crippen LogP contribution in [0.5, 0.6) is 11.5 Å². The second-order valence-electron chi connectivity index (χ2n) is 6.16. The van der Waals surface area contributed by atoms with Gasteiger partial charge in [-0.3, -0.25) is 4.79 Å². The number of hydrogen-bond donors (Lipinski definition) is 2. The third kappa shape index (κ3) is 4.66. The van der Waals surface area contributed by atoms with Crippen molar-refractivity contribution >= 4 is 17.3 Å². The van der Waals surface area contributed by atoms with Gasteiger partial charge in [0.2, 0.25) is 5.91 Å². The van der Waals surface area contributed by atoms with Gasteiger partial charge in [0.15, 0.2) is 0 Å². The van der Waals surface area contributed by atoms with Gasteiger partial charge in [-0.1, -0.05) is 32.0 Å². The van der Waals surface area contributed by atoms with Crippen LogP contribution in [0.4, 0.5) is 11.4 Å². The SMILES string of the molecule is COc1ccc(NCC(=O)Nc2c(C)cccc2C(C)C)c(OC)c1. The summed E-state index contributed by atoms with van der Waals surface area (Å²) in [4.78, 5) is 12.4. The fraction of sp³-hybridized carbons (Fsp3) is 0.350. The van der Waals surface area contributed by atoms with Gasteiger partial charge >= 0.3 is 0 Å². The molecule has 0 saturated carbocycles. The summed E-state index contributed by atoms with van der Waals surface area (Å²) < 4.78 is 10.5. The van der Waals surface area contributed by atoms with Crippen molar-refractivity contribution in [3.8, 4) is 11.5 Å². The summed E-state index contributed by atoms with van der Waals surface area (Å²) >= 11 is 0. The number of ether oxygens (including phenoxy) is 2. The normalized spacial score (nSPS) is 10.5. The molecule has 0 spiro atoms. The number of methoxy groups -OCH3 is 2. The van der Waals surface area contributed by atoms with E-state index in [9.17, 15) is 4.79 Å². The average Bonchev–Trinajstić information content (AvgIpc) is 2.61. The highest BCUT2D eigenvalue weighted by molar-refractivity contribution is 5.95. The third-order valence-corrected chi connectivity index (χ3v) is 4.04. The third-order valence-electron chi connectivity index (χ3n) is 4.04. The lowest BCUT2D eigenvalue weighted by Crippen LogP contribution is -2.23. The van der Waals surface area contributed by atoms with E-state index in [0.29, 0.717) is 17.4 Å². The summed E-state index contributed by atoms with van der Waals surface area (Å²) in [5.41, 5.74) is 3.83. The van der Waals surface area contributed by atoms with Gasteiger partial charge < -0.3 is 20.1 Å². The van der Waals surface area contributed by atoms with E-state index in [1.807, 2.05) is 37.3 Å². The molecule has 0 fully saturated rings. The number of para-hydroxylation sites is 1. The van der Waals surface area contributed by atoms with Crippen molar-refractivity contribution in [2.45, 2.75) is 26.7 Å². The Bertz CT molecular complexity index is 742. The molecular weight excluding hydrogens is 316 g/mol. The van der Waals surface area contributed by atoms with Crippen molar-refractivity contribution in [2.24, 2.45) is 0 Å². The monoisotopic (exact) mass is 342 g/mol. The Balaban J connectivity index is 2.07. The molecule has 0 unspecified atom stereocenters. The van der Waals surface area contributed by atoms with Crippen LogP contribution in [0.25, 0.3) is 0 Å². The van der Waals surface area contributed by atoms with Crippen molar-refractivity contribution in [2.75, 3.05) is 31.4 Å². The van der Waals surface area contributed by atoms with Crippen LogP contribution in [-0.4, -0.2) is 26.7 Å². The van der Waals surface area contributed by atoms with Gasteiger partial charge in [0.1, 0.15) is 11.5 Å². The molecule has 0 aliphatic carbocycles. The molecule has 0 aliphatic heterocycles. The van der Waals surface area contributed by atoms with Crippen LogP contribution in [0.1, 0.15) is 30.9 Å². The maximum Gasteiger partial charge on any atom is 0.243 e. The molecule has 2 N–H and O–H groups in total. The summed E-state index contributed by atoms with van der Waals surface area (Å²) in [5.74, 6) is 1.57. The molecule has 2 aromatic carbocycles. The molecule has 0 atom stereocenters. The summed E-state index contributed by atoms with van der Waals surface area (Å²) in [6.07, 6.45) is 0. The molecule has 2 rings (SSSR count).